The predicted octanol–water partition coefficient (Wildman–Crippen LogP) is 3.59. The minimum absolute atomic E-state index is 0.110. The van der Waals surface area contributed by atoms with Crippen molar-refractivity contribution in [1.29, 1.82) is 0 Å². The second-order valence-corrected chi connectivity index (χ2v) is 6.80. The van der Waals surface area contributed by atoms with Crippen molar-refractivity contribution in [3.63, 3.8) is 0 Å². The Labute approximate surface area is 156 Å². The molecule has 0 radical (unpaired) electrons. The number of hydrogen-bond acceptors (Lipinski definition) is 4. The molecule has 8 heteroatoms. The number of aromatic carboxylic acids is 1. The Hall–Kier alpha value is -2.20. The van der Waals surface area contributed by atoms with Crippen molar-refractivity contribution < 1.29 is 19.4 Å². The number of nitrogens with zero attached hydrogens (tertiary/aromatic N) is 1. The van der Waals surface area contributed by atoms with Gasteiger partial charge in [-0.15, -0.1) is 0 Å². The van der Waals surface area contributed by atoms with Gasteiger partial charge in [0.05, 0.1) is 23.4 Å². The minimum atomic E-state index is -1.25. The van der Waals surface area contributed by atoms with Gasteiger partial charge in [0.15, 0.2) is 5.82 Å². The van der Waals surface area contributed by atoms with Gasteiger partial charge in [0.25, 0.3) is 0 Å². The summed E-state index contributed by atoms with van der Waals surface area (Å²) in [5, 5.41) is 21.4. The maximum atomic E-state index is 15.0. The number of anilines is 2. The molecule has 4 N–H and O–H groups in total. The van der Waals surface area contributed by atoms with Crippen LogP contribution in [0.4, 0.5) is 15.8 Å². The Bertz CT molecular complexity index is 971. The van der Waals surface area contributed by atoms with Gasteiger partial charge in [-0.3, -0.25) is 0 Å². The highest BCUT2D eigenvalue weighted by atomic mass is 127. The summed E-state index contributed by atoms with van der Waals surface area (Å²) in [6, 6.07) is 6.86. The Morgan fingerprint density at radius 1 is 1.40 bits per heavy atom. The third-order valence-electron chi connectivity index (χ3n) is 3.80. The Balaban J connectivity index is 2.16. The lowest BCUT2D eigenvalue weighted by Crippen LogP contribution is -2.06. The number of carboxylic acid groups (broad SMARTS) is 1. The molecule has 130 valence electrons. The fourth-order valence-corrected chi connectivity index (χ4v) is 3.23. The van der Waals surface area contributed by atoms with Crippen molar-refractivity contribution >= 4 is 51.0 Å². The van der Waals surface area contributed by atoms with Crippen LogP contribution in [0.1, 0.15) is 21.7 Å². The number of hydrogen-bond donors (Lipinski definition) is 4. The number of carboxylic acids is 1. The number of halogens is 2. The summed E-state index contributed by atoms with van der Waals surface area (Å²) >= 11 is 2.17. The Morgan fingerprint density at radius 3 is 2.80 bits per heavy atom. The molecule has 0 fully saturated rings. The van der Waals surface area contributed by atoms with Crippen LogP contribution in [-0.4, -0.2) is 32.8 Å². The van der Waals surface area contributed by atoms with Crippen molar-refractivity contribution in [1.82, 2.24) is 9.97 Å². The van der Waals surface area contributed by atoms with Gasteiger partial charge in [-0.1, -0.05) is 0 Å². The van der Waals surface area contributed by atoms with Crippen molar-refractivity contribution in [2.75, 3.05) is 11.9 Å². The molecule has 0 amide bonds. The number of H-pyrrole nitrogens is 1. The molecular weight excluding hydrogens is 440 g/mol. The summed E-state index contributed by atoms with van der Waals surface area (Å²) < 4.78 is 16.0. The van der Waals surface area contributed by atoms with E-state index in [0.29, 0.717) is 11.5 Å². The lowest BCUT2D eigenvalue weighted by atomic mass is 10.1. The number of aryl methyl sites for hydroxylation is 1. The normalized spacial score (nSPS) is 11.0. The Morgan fingerprint density at radius 2 is 2.16 bits per heavy atom. The van der Waals surface area contributed by atoms with E-state index in [1.165, 1.54) is 6.07 Å². The molecule has 0 aliphatic heterocycles. The van der Waals surface area contributed by atoms with Crippen LogP contribution in [0, 0.1) is 16.3 Å². The molecule has 0 saturated carbocycles. The van der Waals surface area contributed by atoms with Crippen LogP contribution in [0.3, 0.4) is 0 Å². The molecule has 0 spiro atoms. The quantitative estimate of drug-likeness (QED) is 0.441. The van der Waals surface area contributed by atoms with E-state index in [-0.39, 0.29) is 35.3 Å². The monoisotopic (exact) mass is 455 g/mol. The number of carbonyl (C=O) groups is 1. The van der Waals surface area contributed by atoms with Crippen LogP contribution in [0.25, 0.3) is 11.0 Å². The minimum Gasteiger partial charge on any atom is -0.478 e. The molecule has 3 aromatic rings. The zero-order valence-electron chi connectivity index (χ0n) is 13.2. The van der Waals surface area contributed by atoms with Gasteiger partial charge in [-0.25, -0.2) is 14.2 Å². The lowest BCUT2D eigenvalue weighted by molar-refractivity contribution is 0.0697. The molecule has 0 aliphatic rings. The number of rotatable bonds is 5. The number of aliphatic hydroxyl groups excluding tert-OH is 1. The number of aliphatic hydroxyl groups is 1. The first-order chi connectivity index (χ1) is 11.9. The van der Waals surface area contributed by atoms with Gasteiger partial charge in [-0.2, -0.15) is 0 Å². The number of imidazole rings is 1. The molecule has 0 saturated heterocycles. The lowest BCUT2D eigenvalue weighted by Gasteiger charge is -2.13. The highest BCUT2D eigenvalue weighted by Gasteiger charge is 2.21. The number of aromatic amines is 1. The molecule has 1 aromatic heterocycles. The van der Waals surface area contributed by atoms with E-state index in [1.807, 2.05) is 19.1 Å². The maximum absolute atomic E-state index is 15.0. The highest BCUT2D eigenvalue weighted by molar-refractivity contribution is 14.1. The standard InChI is InChI=1S/C17H15FIN3O3/c1-8-6-9(19)2-3-11(8)21-15-10(17(24)25)7-12-16(14(15)18)22-13(20-12)4-5-23/h2-3,6-7,21,23H,4-5H2,1H3,(H,20,22)(H,24,25). The molecule has 3 rings (SSSR count). The SMILES string of the molecule is Cc1cc(I)ccc1Nc1c(C(=O)O)cc2nc(CCO)[nH]c2c1F. The molecule has 0 atom stereocenters. The number of fused-ring (bicyclic) bond motifs is 1. The largest absolute Gasteiger partial charge is 0.478 e. The van der Waals surface area contributed by atoms with Crippen LogP contribution < -0.4 is 5.32 Å². The smallest absolute Gasteiger partial charge is 0.338 e. The first kappa shape index (κ1) is 17.6. The molecule has 0 aliphatic carbocycles. The summed E-state index contributed by atoms with van der Waals surface area (Å²) in [4.78, 5) is 18.5. The molecule has 1 heterocycles. The van der Waals surface area contributed by atoms with E-state index in [9.17, 15) is 14.3 Å². The maximum Gasteiger partial charge on any atom is 0.338 e. The summed E-state index contributed by atoms with van der Waals surface area (Å²) in [5.41, 5.74) is 1.49. The van der Waals surface area contributed by atoms with E-state index in [4.69, 9.17) is 5.11 Å². The molecule has 0 bridgehead atoms. The summed E-state index contributed by atoms with van der Waals surface area (Å²) in [5.74, 6) is -1.57. The number of benzene rings is 2. The van der Waals surface area contributed by atoms with E-state index in [2.05, 4.69) is 37.9 Å². The van der Waals surface area contributed by atoms with E-state index in [1.54, 1.807) is 6.07 Å². The zero-order chi connectivity index (χ0) is 18.1. The van der Waals surface area contributed by atoms with E-state index < -0.39 is 11.8 Å². The van der Waals surface area contributed by atoms with Gasteiger partial charge in [-0.05, 0) is 59.3 Å². The van der Waals surface area contributed by atoms with Crippen molar-refractivity contribution in [2.45, 2.75) is 13.3 Å². The molecular formula is C17H15FIN3O3. The second-order valence-electron chi connectivity index (χ2n) is 5.55. The van der Waals surface area contributed by atoms with Crippen LogP contribution in [0.2, 0.25) is 0 Å². The number of nitrogens with one attached hydrogen (secondary N) is 2. The first-order valence-corrected chi connectivity index (χ1v) is 8.57. The van der Waals surface area contributed by atoms with Gasteiger partial charge in [0.2, 0.25) is 0 Å². The molecule has 25 heavy (non-hydrogen) atoms. The van der Waals surface area contributed by atoms with Crippen LogP contribution >= 0.6 is 22.6 Å². The average molecular weight is 455 g/mol. The van der Waals surface area contributed by atoms with E-state index in [0.717, 1.165) is 9.13 Å². The van der Waals surface area contributed by atoms with Gasteiger partial charge in [0.1, 0.15) is 11.3 Å². The number of aromatic nitrogens is 2. The Kier molecular flexibility index (Phi) is 4.91. The van der Waals surface area contributed by atoms with E-state index >= 15 is 0 Å². The predicted molar refractivity (Wildman–Crippen MR) is 101 cm³/mol. The van der Waals surface area contributed by atoms with Gasteiger partial charge >= 0.3 is 5.97 Å². The first-order valence-electron chi connectivity index (χ1n) is 7.49. The van der Waals surface area contributed by atoms with Crippen LogP contribution in [0.15, 0.2) is 24.3 Å². The van der Waals surface area contributed by atoms with Crippen LogP contribution in [0.5, 0.6) is 0 Å². The summed E-state index contributed by atoms with van der Waals surface area (Å²) in [6.07, 6.45) is 0.232. The third-order valence-corrected chi connectivity index (χ3v) is 4.47. The van der Waals surface area contributed by atoms with Crippen molar-refractivity contribution in [3.8, 4) is 0 Å². The fourth-order valence-electron chi connectivity index (χ4n) is 2.58. The average Bonchev–Trinajstić information content (AvgIpc) is 2.95. The molecule has 2 aromatic carbocycles. The highest BCUT2D eigenvalue weighted by Crippen LogP contribution is 2.32. The molecule has 6 nitrogen and oxygen atoms in total. The van der Waals surface area contributed by atoms with Crippen LogP contribution in [-0.2, 0) is 6.42 Å². The van der Waals surface area contributed by atoms with Crippen molar-refractivity contribution in [3.05, 3.63) is 50.6 Å². The topological polar surface area (TPSA) is 98.2 Å². The van der Waals surface area contributed by atoms with Crippen molar-refractivity contribution in [2.24, 2.45) is 0 Å². The van der Waals surface area contributed by atoms with Gasteiger partial charge < -0.3 is 20.5 Å². The van der Waals surface area contributed by atoms with Gasteiger partial charge in [0, 0.05) is 15.7 Å². The second kappa shape index (κ2) is 6.96. The molecule has 0 unspecified atom stereocenters. The summed E-state index contributed by atoms with van der Waals surface area (Å²) in [6.45, 7) is 1.72. The summed E-state index contributed by atoms with van der Waals surface area (Å²) in [7, 11) is 0. The zero-order valence-corrected chi connectivity index (χ0v) is 15.4. The fraction of sp³-hybridized carbons (Fsp3) is 0.176. The third kappa shape index (κ3) is 3.45.